The highest BCUT2D eigenvalue weighted by Crippen LogP contribution is 2.38. The molecule has 0 saturated carbocycles. The minimum atomic E-state index is -1.47. The molecule has 0 aromatic carbocycles. The van der Waals surface area contributed by atoms with Crippen LogP contribution in [0.3, 0.4) is 0 Å². The SMILES string of the molecule is CCOC[C@@]1(n2cnc3c(N)ncnc32)O[C@H](CO)[C@@H](O)[C@H]1O. The van der Waals surface area contributed by atoms with Gasteiger partial charge in [0.1, 0.15) is 30.2 Å². The third kappa shape index (κ3) is 2.35. The number of anilines is 1. The minimum absolute atomic E-state index is 0.0619. The van der Waals surface area contributed by atoms with Gasteiger partial charge in [-0.05, 0) is 6.92 Å². The predicted octanol–water partition coefficient (Wildman–Crippen LogP) is -1.79. The molecule has 0 radical (unpaired) electrons. The van der Waals surface area contributed by atoms with Crippen molar-refractivity contribution in [3.63, 3.8) is 0 Å². The van der Waals surface area contributed by atoms with Crippen LogP contribution in [-0.2, 0) is 15.2 Å². The fourth-order valence-electron chi connectivity index (χ4n) is 2.78. The van der Waals surface area contributed by atoms with E-state index in [-0.39, 0.29) is 12.4 Å². The second kappa shape index (κ2) is 5.98. The van der Waals surface area contributed by atoms with E-state index in [2.05, 4.69) is 15.0 Å². The topological polar surface area (TPSA) is 149 Å². The summed E-state index contributed by atoms with van der Waals surface area (Å²) in [6.45, 7) is 1.66. The summed E-state index contributed by atoms with van der Waals surface area (Å²) in [5, 5.41) is 30.0. The fraction of sp³-hybridized carbons (Fsp3) is 0.615. The predicted molar refractivity (Wildman–Crippen MR) is 78.2 cm³/mol. The Bertz CT molecular complexity index is 694. The lowest BCUT2D eigenvalue weighted by molar-refractivity contribution is -0.179. The zero-order valence-electron chi connectivity index (χ0n) is 12.5. The first-order chi connectivity index (χ1) is 11.0. The average molecular weight is 325 g/mol. The molecule has 1 aliphatic heterocycles. The van der Waals surface area contributed by atoms with Crippen molar-refractivity contribution in [3.05, 3.63) is 12.7 Å². The van der Waals surface area contributed by atoms with Crippen LogP contribution in [0.4, 0.5) is 5.82 Å². The van der Waals surface area contributed by atoms with E-state index in [1.807, 2.05) is 0 Å². The van der Waals surface area contributed by atoms with E-state index in [0.29, 0.717) is 17.8 Å². The maximum Gasteiger partial charge on any atom is 0.200 e. The molecular weight excluding hydrogens is 306 g/mol. The van der Waals surface area contributed by atoms with Crippen molar-refractivity contribution >= 4 is 17.0 Å². The van der Waals surface area contributed by atoms with Gasteiger partial charge in [-0.25, -0.2) is 15.0 Å². The number of ether oxygens (including phenoxy) is 2. The Labute approximate surface area is 131 Å². The molecule has 2 aromatic rings. The normalized spacial score (nSPS) is 31.0. The van der Waals surface area contributed by atoms with Crippen LogP contribution in [0.2, 0.25) is 0 Å². The Kier molecular flexibility index (Phi) is 4.17. The summed E-state index contributed by atoms with van der Waals surface area (Å²) in [5.41, 5.74) is 4.99. The number of aliphatic hydroxyl groups is 3. The van der Waals surface area contributed by atoms with Crippen LogP contribution in [-0.4, -0.2) is 73.0 Å². The molecule has 10 nitrogen and oxygen atoms in total. The number of rotatable bonds is 5. The molecule has 5 N–H and O–H groups in total. The maximum atomic E-state index is 10.5. The number of nitrogens with two attached hydrogens (primary N) is 1. The van der Waals surface area contributed by atoms with Gasteiger partial charge in [-0.15, -0.1) is 0 Å². The third-order valence-electron chi connectivity index (χ3n) is 3.98. The van der Waals surface area contributed by atoms with E-state index in [1.54, 1.807) is 6.92 Å². The molecule has 0 unspecified atom stereocenters. The molecule has 0 amide bonds. The van der Waals surface area contributed by atoms with Crippen LogP contribution < -0.4 is 5.73 Å². The number of nitrogen functional groups attached to an aromatic ring is 1. The van der Waals surface area contributed by atoms with Gasteiger partial charge < -0.3 is 30.5 Å². The molecule has 1 saturated heterocycles. The molecule has 1 fully saturated rings. The van der Waals surface area contributed by atoms with Crippen molar-refractivity contribution in [2.75, 3.05) is 25.6 Å². The maximum absolute atomic E-state index is 10.5. The van der Waals surface area contributed by atoms with Gasteiger partial charge in [0.25, 0.3) is 0 Å². The molecule has 2 aromatic heterocycles. The average Bonchev–Trinajstić information content (AvgIpc) is 3.09. The molecule has 0 bridgehead atoms. The first-order valence-corrected chi connectivity index (χ1v) is 7.21. The fourth-order valence-corrected chi connectivity index (χ4v) is 2.78. The van der Waals surface area contributed by atoms with Crippen LogP contribution in [0.15, 0.2) is 12.7 Å². The van der Waals surface area contributed by atoms with Gasteiger partial charge in [-0.2, -0.15) is 0 Å². The summed E-state index contributed by atoms with van der Waals surface area (Å²) in [4.78, 5) is 12.1. The lowest BCUT2D eigenvalue weighted by Gasteiger charge is -2.33. The van der Waals surface area contributed by atoms with Crippen molar-refractivity contribution < 1.29 is 24.8 Å². The van der Waals surface area contributed by atoms with Crippen molar-refractivity contribution in [2.24, 2.45) is 0 Å². The highest BCUT2D eigenvalue weighted by atomic mass is 16.6. The monoisotopic (exact) mass is 325 g/mol. The molecule has 3 rings (SSSR count). The quantitative estimate of drug-likeness (QED) is 0.500. The molecule has 126 valence electrons. The van der Waals surface area contributed by atoms with Crippen molar-refractivity contribution in [1.29, 1.82) is 0 Å². The highest BCUT2D eigenvalue weighted by molar-refractivity contribution is 5.81. The summed E-state index contributed by atoms with van der Waals surface area (Å²) in [6.07, 6.45) is -0.922. The van der Waals surface area contributed by atoms with E-state index in [9.17, 15) is 15.3 Å². The number of fused-ring (bicyclic) bond motifs is 1. The number of aromatic nitrogens is 4. The summed E-state index contributed by atoms with van der Waals surface area (Å²) >= 11 is 0. The van der Waals surface area contributed by atoms with Crippen LogP contribution in [0, 0.1) is 0 Å². The number of nitrogens with zero attached hydrogens (tertiary/aromatic N) is 4. The smallest absolute Gasteiger partial charge is 0.200 e. The van der Waals surface area contributed by atoms with Crippen LogP contribution in [0.25, 0.3) is 11.2 Å². The molecule has 10 heteroatoms. The van der Waals surface area contributed by atoms with Crippen LogP contribution >= 0.6 is 0 Å². The second-order valence-corrected chi connectivity index (χ2v) is 5.30. The Balaban J connectivity index is 2.14. The molecule has 0 spiro atoms. The molecular formula is C13H19N5O5. The number of aliphatic hydroxyl groups excluding tert-OH is 3. The lowest BCUT2D eigenvalue weighted by Crippen LogP contribution is -2.49. The third-order valence-corrected chi connectivity index (χ3v) is 3.98. The second-order valence-electron chi connectivity index (χ2n) is 5.30. The van der Waals surface area contributed by atoms with Gasteiger partial charge in [0.2, 0.25) is 0 Å². The molecule has 3 heterocycles. The van der Waals surface area contributed by atoms with E-state index in [4.69, 9.17) is 15.2 Å². The minimum Gasteiger partial charge on any atom is -0.394 e. The Morgan fingerprint density at radius 2 is 2.17 bits per heavy atom. The van der Waals surface area contributed by atoms with Gasteiger partial charge in [0, 0.05) is 6.61 Å². The van der Waals surface area contributed by atoms with Gasteiger partial charge >= 0.3 is 0 Å². The summed E-state index contributed by atoms with van der Waals surface area (Å²) in [6, 6.07) is 0. The van der Waals surface area contributed by atoms with Crippen molar-refractivity contribution in [1.82, 2.24) is 19.5 Å². The Hall–Kier alpha value is -1.85. The molecule has 4 atom stereocenters. The van der Waals surface area contributed by atoms with E-state index >= 15 is 0 Å². The zero-order chi connectivity index (χ0) is 16.6. The first kappa shape index (κ1) is 16.0. The van der Waals surface area contributed by atoms with E-state index in [1.165, 1.54) is 17.2 Å². The Morgan fingerprint density at radius 1 is 1.39 bits per heavy atom. The van der Waals surface area contributed by atoms with Gasteiger partial charge in [0.05, 0.1) is 19.5 Å². The van der Waals surface area contributed by atoms with Gasteiger partial charge in [0.15, 0.2) is 17.2 Å². The number of imidazole rings is 1. The standard InChI is InChI=1S/C13H19N5O5/c1-2-22-4-13(10(21)9(20)7(3-19)23-13)18-6-17-8-11(14)15-5-16-12(8)18/h5-7,9-10,19-21H,2-4H2,1H3,(H2,14,15,16)/t7-,9-,10-,13-/m1/s1. The van der Waals surface area contributed by atoms with Crippen LogP contribution in [0.1, 0.15) is 6.92 Å². The van der Waals surface area contributed by atoms with E-state index in [0.717, 1.165) is 0 Å². The van der Waals surface area contributed by atoms with Crippen molar-refractivity contribution in [3.8, 4) is 0 Å². The van der Waals surface area contributed by atoms with Crippen molar-refractivity contribution in [2.45, 2.75) is 31.0 Å². The first-order valence-electron chi connectivity index (χ1n) is 7.21. The van der Waals surface area contributed by atoms with Crippen LogP contribution in [0.5, 0.6) is 0 Å². The molecule has 0 aliphatic carbocycles. The van der Waals surface area contributed by atoms with Gasteiger partial charge in [-0.1, -0.05) is 0 Å². The number of hydrogen-bond donors (Lipinski definition) is 4. The molecule has 23 heavy (non-hydrogen) atoms. The van der Waals surface area contributed by atoms with Gasteiger partial charge in [-0.3, -0.25) is 4.57 Å². The molecule has 1 aliphatic rings. The van der Waals surface area contributed by atoms with E-state index < -0.39 is 30.6 Å². The summed E-state index contributed by atoms with van der Waals surface area (Å²) in [7, 11) is 0. The largest absolute Gasteiger partial charge is 0.394 e. The zero-order valence-corrected chi connectivity index (χ0v) is 12.5. The lowest BCUT2D eigenvalue weighted by atomic mass is 10.0. The Morgan fingerprint density at radius 3 is 2.83 bits per heavy atom. The highest BCUT2D eigenvalue weighted by Gasteiger charge is 2.56. The number of hydrogen-bond acceptors (Lipinski definition) is 9. The summed E-state index contributed by atoms with van der Waals surface area (Å²) < 4.78 is 12.7. The summed E-state index contributed by atoms with van der Waals surface area (Å²) in [5.74, 6) is 0.187.